The average molecular weight is 430 g/mol. The predicted molar refractivity (Wildman–Crippen MR) is 116 cm³/mol. The Morgan fingerprint density at radius 3 is 2.47 bits per heavy atom. The molecular weight excluding hydrogens is 412 g/mol. The highest BCUT2D eigenvalue weighted by atomic mass is 16.6. The van der Waals surface area contributed by atoms with Crippen LogP contribution in [0.15, 0.2) is 80.9 Å². The second-order valence-corrected chi connectivity index (χ2v) is 7.64. The molecule has 10 heteroatoms. The summed E-state index contributed by atoms with van der Waals surface area (Å²) in [6.45, 7) is 0. The van der Waals surface area contributed by atoms with Gasteiger partial charge in [0.1, 0.15) is 11.8 Å². The third kappa shape index (κ3) is 3.41. The highest BCUT2D eigenvalue weighted by molar-refractivity contribution is 5.84. The van der Waals surface area contributed by atoms with Crippen molar-refractivity contribution in [2.24, 2.45) is 10.2 Å². The Balaban J connectivity index is 1.62. The van der Waals surface area contributed by atoms with E-state index in [2.05, 4.69) is 20.6 Å². The Morgan fingerprint density at radius 2 is 1.75 bits per heavy atom. The first-order valence-corrected chi connectivity index (χ1v) is 10.1. The molecule has 0 saturated carbocycles. The summed E-state index contributed by atoms with van der Waals surface area (Å²) in [5.74, 6) is 0.561. The minimum absolute atomic E-state index is 0.0322. The number of carbonyl (C=O) groups excluding carboxylic acids is 1. The number of nitro benzene ring substituents is 1. The van der Waals surface area contributed by atoms with Gasteiger partial charge in [0, 0.05) is 30.7 Å². The number of anilines is 1. The first kappa shape index (κ1) is 19.6. The van der Waals surface area contributed by atoms with Crippen LogP contribution in [-0.2, 0) is 4.79 Å². The number of azo groups is 1. The van der Waals surface area contributed by atoms with Crippen molar-refractivity contribution < 1.29 is 9.72 Å². The van der Waals surface area contributed by atoms with Gasteiger partial charge in [0.25, 0.3) is 11.2 Å². The molecule has 0 spiro atoms. The smallest absolute Gasteiger partial charge is 0.294 e. The summed E-state index contributed by atoms with van der Waals surface area (Å²) >= 11 is 0. The number of non-ortho nitro benzene ring substituents is 1. The Bertz CT molecular complexity index is 1330. The molecule has 0 bridgehead atoms. The van der Waals surface area contributed by atoms with Crippen LogP contribution in [0, 0.1) is 10.1 Å². The van der Waals surface area contributed by atoms with E-state index in [4.69, 9.17) is 0 Å². The van der Waals surface area contributed by atoms with Gasteiger partial charge in [-0.15, -0.1) is 5.11 Å². The normalized spacial score (nSPS) is 17.8. The van der Waals surface area contributed by atoms with Gasteiger partial charge >= 0.3 is 0 Å². The summed E-state index contributed by atoms with van der Waals surface area (Å²) in [6, 6.07) is 14.7. The number of hydrogen-bond donors (Lipinski definition) is 2. The topological polar surface area (TPSA) is 135 Å². The highest BCUT2D eigenvalue weighted by Gasteiger charge is 2.35. The fraction of sp³-hybridized carbons (Fsp3) is 0.182. The molecule has 5 rings (SSSR count). The Kier molecular flexibility index (Phi) is 4.74. The van der Waals surface area contributed by atoms with Gasteiger partial charge in [-0.25, -0.2) is 0 Å². The number of hydrogen-bond acceptors (Lipinski definition) is 7. The van der Waals surface area contributed by atoms with Crippen molar-refractivity contribution in [3.8, 4) is 0 Å². The molecule has 1 aromatic heterocycles. The lowest BCUT2D eigenvalue weighted by Crippen LogP contribution is -2.29. The molecule has 160 valence electrons. The first-order chi connectivity index (χ1) is 15.5. The van der Waals surface area contributed by atoms with E-state index in [1.165, 1.54) is 12.1 Å². The number of fused-ring (bicyclic) bond motifs is 1. The number of aromatic amines is 1. The summed E-state index contributed by atoms with van der Waals surface area (Å²) in [4.78, 5) is 35.6. The minimum Gasteiger partial charge on any atom is -0.342 e. The van der Waals surface area contributed by atoms with E-state index in [1.807, 2.05) is 18.2 Å². The largest absolute Gasteiger partial charge is 0.342 e. The van der Waals surface area contributed by atoms with E-state index in [-0.39, 0.29) is 23.6 Å². The molecule has 1 unspecified atom stereocenters. The number of aromatic nitrogens is 2. The summed E-state index contributed by atoms with van der Waals surface area (Å²) in [6.07, 6.45) is 1.17. The molecule has 0 saturated heterocycles. The standard InChI is InChI=1S/C22H18N6O4/c29-16-10-11-18-17(12-16)20(13-6-8-15(9-7-13)28(31)32)27-21(23-18)19(22(30)26-27)25-24-14-4-2-1-3-5-14/h1-9,20,23H,10-12H2,(H,26,30). The number of H-pyrrole nitrogens is 1. The van der Waals surface area contributed by atoms with Crippen LogP contribution in [0.3, 0.4) is 0 Å². The van der Waals surface area contributed by atoms with Gasteiger partial charge in [-0.2, -0.15) is 5.11 Å². The molecule has 2 heterocycles. The summed E-state index contributed by atoms with van der Waals surface area (Å²) < 4.78 is 1.63. The summed E-state index contributed by atoms with van der Waals surface area (Å²) in [5.41, 5.74) is 2.70. The van der Waals surface area contributed by atoms with Gasteiger partial charge in [0.2, 0.25) is 0 Å². The van der Waals surface area contributed by atoms with Gasteiger partial charge in [-0.1, -0.05) is 18.2 Å². The number of benzene rings is 2. The second kappa shape index (κ2) is 7.73. The van der Waals surface area contributed by atoms with Crippen LogP contribution in [0.4, 0.5) is 22.9 Å². The van der Waals surface area contributed by atoms with Crippen molar-refractivity contribution in [1.82, 2.24) is 9.78 Å². The maximum Gasteiger partial charge on any atom is 0.294 e. The molecule has 2 aromatic carbocycles. The fourth-order valence-corrected chi connectivity index (χ4v) is 4.11. The quantitative estimate of drug-likeness (QED) is 0.356. The number of Topliss-reactive ketones (excluding diaryl/α,β-unsaturated/α-hetero) is 1. The molecule has 10 nitrogen and oxygen atoms in total. The van der Waals surface area contributed by atoms with E-state index in [0.29, 0.717) is 24.3 Å². The molecular formula is C22H18N6O4. The molecule has 1 aliphatic carbocycles. The molecule has 1 atom stereocenters. The van der Waals surface area contributed by atoms with Crippen molar-refractivity contribution in [3.63, 3.8) is 0 Å². The van der Waals surface area contributed by atoms with Crippen LogP contribution >= 0.6 is 0 Å². The van der Waals surface area contributed by atoms with Crippen molar-refractivity contribution >= 4 is 28.7 Å². The summed E-state index contributed by atoms with van der Waals surface area (Å²) in [7, 11) is 0. The predicted octanol–water partition coefficient (Wildman–Crippen LogP) is 4.52. The zero-order valence-corrected chi connectivity index (χ0v) is 16.8. The maximum absolute atomic E-state index is 12.8. The van der Waals surface area contributed by atoms with Crippen molar-refractivity contribution in [1.29, 1.82) is 0 Å². The van der Waals surface area contributed by atoms with Gasteiger partial charge in [-0.3, -0.25) is 29.5 Å². The van der Waals surface area contributed by atoms with Crippen LogP contribution in [0.2, 0.25) is 0 Å². The highest BCUT2D eigenvalue weighted by Crippen LogP contribution is 2.43. The van der Waals surface area contributed by atoms with E-state index in [0.717, 1.165) is 16.8 Å². The zero-order valence-electron chi connectivity index (χ0n) is 16.8. The molecule has 2 aliphatic rings. The van der Waals surface area contributed by atoms with E-state index in [9.17, 15) is 19.7 Å². The second-order valence-electron chi connectivity index (χ2n) is 7.64. The first-order valence-electron chi connectivity index (χ1n) is 10.1. The lowest BCUT2D eigenvalue weighted by Gasteiger charge is -2.34. The van der Waals surface area contributed by atoms with E-state index < -0.39 is 16.5 Å². The fourth-order valence-electron chi connectivity index (χ4n) is 4.11. The van der Waals surface area contributed by atoms with Crippen LogP contribution < -0.4 is 10.9 Å². The molecule has 0 radical (unpaired) electrons. The van der Waals surface area contributed by atoms with Crippen molar-refractivity contribution in [2.45, 2.75) is 25.3 Å². The number of nitrogens with one attached hydrogen (secondary N) is 2. The Labute approximate surface area is 181 Å². The van der Waals surface area contributed by atoms with Crippen LogP contribution in [0.1, 0.15) is 30.9 Å². The molecule has 32 heavy (non-hydrogen) atoms. The van der Waals surface area contributed by atoms with Crippen molar-refractivity contribution in [3.05, 3.63) is 91.9 Å². The molecule has 1 aliphatic heterocycles. The number of rotatable bonds is 4. The number of nitrogens with zero attached hydrogens (tertiary/aromatic N) is 4. The third-order valence-corrected chi connectivity index (χ3v) is 5.63. The van der Waals surface area contributed by atoms with Crippen LogP contribution in [0.25, 0.3) is 0 Å². The molecule has 2 N–H and O–H groups in total. The number of nitro groups is 1. The molecule has 0 fully saturated rings. The Morgan fingerprint density at radius 1 is 1.00 bits per heavy atom. The van der Waals surface area contributed by atoms with Gasteiger partial charge in [0.05, 0.1) is 10.6 Å². The molecule has 3 aromatic rings. The van der Waals surface area contributed by atoms with Gasteiger partial charge < -0.3 is 5.32 Å². The number of ketones is 1. The third-order valence-electron chi connectivity index (χ3n) is 5.63. The zero-order chi connectivity index (χ0) is 22.2. The van der Waals surface area contributed by atoms with Gasteiger partial charge in [-0.05, 0) is 41.8 Å². The summed E-state index contributed by atoms with van der Waals surface area (Å²) in [5, 5.41) is 25.5. The monoisotopic (exact) mass is 430 g/mol. The lowest BCUT2D eigenvalue weighted by molar-refractivity contribution is -0.384. The average Bonchev–Trinajstić information content (AvgIpc) is 3.11. The molecule has 0 amide bonds. The van der Waals surface area contributed by atoms with Gasteiger partial charge in [0.15, 0.2) is 11.5 Å². The number of allylic oxidation sites excluding steroid dienone is 2. The van der Waals surface area contributed by atoms with E-state index in [1.54, 1.807) is 28.9 Å². The van der Waals surface area contributed by atoms with Crippen LogP contribution in [0.5, 0.6) is 0 Å². The maximum atomic E-state index is 12.8. The minimum atomic E-state index is -0.486. The number of carbonyl (C=O) groups is 1. The van der Waals surface area contributed by atoms with Crippen molar-refractivity contribution in [2.75, 3.05) is 5.32 Å². The lowest BCUT2D eigenvalue weighted by atomic mass is 9.85. The van der Waals surface area contributed by atoms with Crippen LogP contribution in [-0.4, -0.2) is 20.5 Å². The SMILES string of the molecule is O=C1CCC2=C(C1)C(c1ccc([N+](=O)[O-])cc1)n1[nH]c(=O)c(N=Nc3ccccc3)c1N2. The Hall–Kier alpha value is -4.34. The van der Waals surface area contributed by atoms with E-state index >= 15 is 0 Å².